The fourth-order valence-corrected chi connectivity index (χ4v) is 3.25. The number of carbonyl (C=O) groups excluding carboxylic acids is 2. The standard InChI is InChI=1S/C22H16F3N3O3/c23-22(24,25)20(29)15-4-2-14(3-5-15)16-6-7-18-17(12-16)21(30)28(10-11-31-18)13-19-26-8-1-9-27-19/h1-9,12H,10-11,13H2. The van der Waals surface area contributed by atoms with Crippen molar-refractivity contribution in [2.24, 2.45) is 0 Å². The van der Waals surface area contributed by atoms with E-state index < -0.39 is 17.5 Å². The highest BCUT2D eigenvalue weighted by Gasteiger charge is 2.39. The molecule has 0 fully saturated rings. The predicted octanol–water partition coefficient (Wildman–Crippen LogP) is 3.92. The van der Waals surface area contributed by atoms with E-state index in [1.165, 1.54) is 12.1 Å². The number of ether oxygens (including phenoxy) is 1. The molecule has 0 atom stereocenters. The van der Waals surface area contributed by atoms with Crippen LogP contribution < -0.4 is 4.74 Å². The van der Waals surface area contributed by atoms with E-state index in [4.69, 9.17) is 4.74 Å². The molecule has 0 bridgehead atoms. The van der Waals surface area contributed by atoms with E-state index in [-0.39, 0.29) is 12.5 Å². The summed E-state index contributed by atoms with van der Waals surface area (Å²) < 4.78 is 43.5. The second kappa shape index (κ2) is 8.17. The second-order valence-corrected chi connectivity index (χ2v) is 6.86. The Labute approximate surface area is 175 Å². The minimum Gasteiger partial charge on any atom is -0.491 e. The van der Waals surface area contributed by atoms with Gasteiger partial charge in [0.05, 0.1) is 18.7 Å². The van der Waals surface area contributed by atoms with Crippen LogP contribution in [0.15, 0.2) is 60.9 Å². The third kappa shape index (κ3) is 4.40. The molecule has 0 saturated carbocycles. The maximum atomic E-state index is 13.1. The lowest BCUT2D eigenvalue weighted by atomic mass is 9.99. The van der Waals surface area contributed by atoms with Crippen LogP contribution in [0.25, 0.3) is 11.1 Å². The second-order valence-electron chi connectivity index (χ2n) is 6.86. The van der Waals surface area contributed by atoms with Crippen LogP contribution in [0.4, 0.5) is 13.2 Å². The molecule has 2 aromatic carbocycles. The molecule has 9 heteroatoms. The number of amides is 1. The van der Waals surface area contributed by atoms with Crippen LogP contribution in [-0.4, -0.2) is 45.9 Å². The number of benzene rings is 2. The zero-order valence-electron chi connectivity index (χ0n) is 16.1. The first-order valence-corrected chi connectivity index (χ1v) is 9.37. The first-order chi connectivity index (χ1) is 14.8. The smallest absolute Gasteiger partial charge is 0.454 e. The van der Waals surface area contributed by atoms with Gasteiger partial charge in [-0.1, -0.05) is 30.3 Å². The van der Waals surface area contributed by atoms with Gasteiger partial charge in [0.25, 0.3) is 11.7 Å². The van der Waals surface area contributed by atoms with Crippen molar-refractivity contribution in [3.63, 3.8) is 0 Å². The number of aromatic nitrogens is 2. The average molecular weight is 427 g/mol. The number of halogens is 3. The quantitative estimate of drug-likeness (QED) is 0.590. The molecule has 31 heavy (non-hydrogen) atoms. The van der Waals surface area contributed by atoms with Crippen molar-refractivity contribution in [1.82, 2.24) is 14.9 Å². The van der Waals surface area contributed by atoms with Gasteiger partial charge in [0, 0.05) is 18.0 Å². The van der Waals surface area contributed by atoms with Gasteiger partial charge in [-0.3, -0.25) is 9.59 Å². The summed E-state index contributed by atoms with van der Waals surface area (Å²) in [7, 11) is 0. The maximum Gasteiger partial charge on any atom is 0.454 e. The van der Waals surface area contributed by atoms with Crippen molar-refractivity contribution in [2.75, 3.05) is 13.2 Å². The number of hydrogen-bond acceptors (Lipinski definition) is 5. The van der Waals surface area contributed by atoms with Gasteiger partial charge in [-0.05, 0) is 29.3 Å². The van der Waals surface area contributed by atoms with Crippen molar-refractivity contribution in [1.29, 1.82) is 0 Å². The molecular formula is C22H16F3N3O3. The molecule has 0 unspecified atom stereocenters. The number of ketones is 1. The summed E-state index contributed by atoms with van der Waals surface area (Å²) in [5, 5.41) is 0. The highest BCUT2D eigenvalue weighted by molar-refractivity contribution is 6.01. The van der Waals surface area contributed by atoms with Crippen LogP contribution in [0.3, 0.4) is 0 Å². The van der Waals surface area contributed by atoms with E-state index in [1.807, 2.05) is 0 Å². The SMILES string of the molecule is O=C1c2cc(-c3ccc(C(=O)C(F)(F)F)cc3)ccc2OCCN1Cc1ncccn1. The Morgan fingerprint density at radius 1 is 1.03 bits per heavy atom. The molecule has 1 amide bonds. The number of Topliss-reactive ketones (excluding diaryl/α,β-unsaturated/α-hetero) is 1. The molecule has 158 valence electrons. The Bertz CT molecular complexity index is 1120. The van der Waals surface area contributed by atoms with Crippen molar-refractivity contribution >= 4 is 11.7 Å². The van der Waals surface area contributed by atoms with Gasteiger partial charge in [-0.15, -0.1) is 0 Å². The lowest BCUT2D eigenvalue weighted by Crippen LogP contribution is -2.32. The third-order valence-corrected chi connectivity index (χ3v) is 4.81. The summed E-state index contributed by atoms with van der Waals surface area (Å²) in [6, 6.07) is 11.7. The lowest BCUT2D eigenvalue weighted by molar-refractivity contribution is -0.0885. The first-order valence-electron chi connectivity index (χ1n) is 9.37. The molecule has 0 radical (unpaired) electrons. The zero-order chi connectivity index (χ0) is 22.0. The van der Waals surface area contributed by atoms with Gasteiger partial charge in [-0.25, -0.2) is 9.97 Å². The summed E-state index contributed by atoms with van der Waals surface area (Å²) >= 11 is 0. The van der Waals surface area contributed by atoms with Crippen LogP contribution >= 0.6 is 0 Å². The molecule has 4 rings (SSSR count). The van der Waals surface area contributed by atoms with E-state index >= 15 is 0 Å². The van der Waals surface area contributed by atoms with Crippen molar-refractivity contribution in [3.8, 4) is 16.9 Å². The maximum absolute atomic E-state index is 13.1. The van der Waals surface area contributed by atoms with E-state index in [0.717, 1.165) is 12.1 Å². The minimum atomic E-state index is -4.93. The summed E-state index contributed by atoms with van der Waals surface area (Å²) in [5.74, 6) is -1.23. The van der Waals surface area contributed by atoms with Crippen molar-refractivity contribution < 1.29 is 27.5 Å². The van der Waals surface area contributed by atoms with Gasteiger partial charge in [0.1, 0.15) is 18.2 Å². The molecule has 2 heterocycles. The number of rotatable bonds is 4. The van der Waals surface area contributed by atoms with E-state index in [1.54, 1.807) is 41.6 Å². The molecule has 0 aliphatic carbocycles. The van der Waals surface area contributed by atoms with E-state index in [0.29, 0.717) is 41.4 Å². The average Bonchev–Trinajstić information content (AvgIpc) is 2.92. The minimum absolute atomic E-state index is 0.223. The predicted molar refractivity (Wildman–Crippen MR) is 105 cm³/mol. The fraction of sp³-hybridized carbons (Fsp3) is 0.182. The number of alkyl halides is 3. The topological polar surface area (TPSA) is 72.4 Å². The van der Waals surface area contributed by atoms with Gasteiger partial charge >= 0.3 is 6.18 Å². The summed E-state index contributed by atoms with van der Waals surface area (Å²) in [6.45, 7) is 0.884. The van der Waals surface area contributed by atoms with Gasteiger partial charge in [-0.2, -0.15) is 13.2 Å². The number of fused-ring (bicyclic) bond motifs is 1. The normalized spacial score (nSPS) is 13.9. The molecular weight excluding hydrogens is 411 g/mol. The number of hydrogen-bond donors (Lipinski definition) is 0. The van der Waals surface area contributed by atoms with Crippen molar-refractivity contribution in [2.45, 2.75) is 12.7 Å². The van der Waals surface area contributed by atoms with E-state index in [9.17, 15) is 22.8 Å². The largest absolute Gasteiger partial charge is 0.491 e. The highest BCUT2D eigenvalue weighted by atomic mass is 19.4. The fourth-order valence-electron chi connectivity index (χ4n) is 3.25. The molecule has 1 aliphatic rings. The Balaban J connectivity index is 1.61. The highest BCUT2D eigenvalue weighted by Crippen LogP contribution is 2.30. The summed E-state index contributed by atoms with van der Waals surface area (Å²) in [5.41, 5.74) is 1.07. The Hall–Kier alpha value is -3.75. The molecule has 1 aliphatic heterocycles. The third-order valence-electron chi connectivity index (χ3n) is 4.81. The molecule has 0 saturated heterocycles. The van der Waals surface area contributed by atoms with Crippen LogP contribution in [-0.2, 0) is 6.54 Å². The summed E-state index contributed by atoms with van der Waals surface area (Å²) in [6.07, 6.45) is -1.73. The van der Waals surface area contributed by atoms with Crippen LogP contribution in [0.1, 0.15) is 26.5 Å². The van der Waals surface area contributed by atoms with E-state index in [2.05, 4.69) is 9.97 Å². The van der Waals surface area contributed by atoms with Crippen LogP contribution in [0.5, 0.6) is 5.75 Å². The number of nitrogens with zero attached hydrogens (tertiary/aromatic N) is 3. The molecule has 1 aromatic heterocycles. The zero-order valence-corrected chi connectivity index (χ0v) is 16.1. The molecule has 6 nitrogen and oxygen atoms in total. The Morgan fingerprint density at radius 3 is 2.39 bits per heavy atom. The van der Waals surface area contributed by atoms with Gasteiger partial charge < -0.3 is 9.64 Å². The van der Waals surface area contributed by atoms with Crippen LogP contribution in [0.2, 0.25) is 0 Å². The van der Waals surface area contributed by atoms with Gasteiger partial charge in [0.2, 0.25) is 0 Å². The summed E-state index contributed by atoms with van der Waals surface area (Å²) in [4.78, 5) is 34.3. The molecule has 0 spiro atoms. The van der Waals surface area contributed by atoms with Crippen LogP contribution in [0, 0.1) is 0 Å². The van der Waals surface area contributed by atoms with Crippen molar-refractivity contribution in [3.05, 3.63) is 77.9 Å². The molecule has 0 N–H and O–H groups in total. The number of carbonyl (C=O) groups is 2. The first kappa shape index (κ1) is 20.5. The monoisotopic (exact) mass is 427 g/mol. The molecule has 3 aromatic rings. The Morgan fingerprint density at radius 2 is 1.71 bits per heavy atom. The van der Waals surface area contributed by atoms with Gasteiger partial charge in [0.15, 0.2) is 0 Å². The lowest BCUT2D eigenvalue weighted by Gasteiger charge is -2.19. The Kier molecular flexibility index (Phi) is 5.41.